The number of para-hydroxylation sites is 1. The first kappa shape index (κ1) is 16.4. The van der Waals surface area contributed by atoms with Crippen molar-refractivity contribution in [1.82, 2.24) is 14.3 Å². The van der Waals surface area contributed by atoms with Crippen molar-refractivity contribution in [1.29, 1.82) is 0 Å². The van der Waals surface area contributed by atoms with Crippen LogP contribution in [0.2, 0.25) is 0 Å². The summed E-state index contributed by atoms with van der Waals surface area (Å²) < 4.78 is 8.02. The smallest absolute Gasteiger partial charge is 0.322 e. The molecule has 6 heteroatoms. The van der Waals surface area contributed by atoms with Gasteiger partial charge in [0, 0.05) is 24.2 Å². The second-order valence-electron chi connectivity index (χ2n) is 7.33. The van der Waals surface area contributed by atoms with E-state index in [0.29, 0.717) is 13.1 Å². The summed E-state index contributed by atoms with van der Waals surface area (Å²) in [7, 11) is 0. The Balaban J connectivity index is 1.60. The number of carbonyl (C=O) groups excluding carboxylic acids is 1. The summed E-state index contributed by atoms with van der Waals surface area (Å²) in [6.45, 7) is 6.99. The predicted molar refractivity (Wildman–Crippen MR) is 101 cm³/mol. The molecule has 1 aromatic carbocycles. The van der Waals surface area contributed by atoms with Crippen LogP contribution in [-0.2, 0) is 6.54 Å². The fourth-order valence-corrected chi connectivity index (χ4v) is 3.41. The molecule has 3 aromatic rings. The van der Waals surface area contributed by atoms with E-state index < -0.39 is 5.60 Å². The Kier molecular flexibility index (Phi) is 3.83. The normalized spacial score (nSPS) is 15.9. The number of carbonyl (C=O) groups is 1. The Morgan fingerprint density at radius 1 is 1.31 bits per heavy atom. The first-order valence-electron chi connectivity index (χ1n) is 8.67. The monoisotopic (exact) mass is 350 g/mol. The molecule has 0 aliphatic carbocycles. The van der Waals surface area contributed by atoms with Crippen LogP contribution in [0.1, 0.15) is 25.0 Å². The van der Waals surface area contributed by atoms with Gasteiger partial charge in [-0.25, -0.2) is 9.78 Å². The molecule has 0 unspecified atom stereocenters. The molecule has 1 aliphatic heterocycles. The minimum atomic E-state index is -0.464. The molecular weight excluding hydrogens is 328 g/mol. The number of aryl methyl sites for hydroxylation is 1. The molecule has 26 heavy (non-hydrogen) atoms. The number of rotatable bonds is 1. The van der Waals surface area contributed by atoms with E-state index in [9.17, 15) is 4.79 Å². The highest BCUT2D eigenvalue weighted by Gasteiger charge is 2.31. The molecule has 1 N–H and O–H groups in total. The van der Waals surface area contributed by atoms with Gasteiger partial charge in [0.05, 0.1) is 18.8 Å². The molecule has 6 nitrogen and oxygen atoms in total. The van der Waals surface area contributed by atoms with E-state index in [2.05, 4.69) is 10.3 Å². The zero-order chi connectivity index (χ0) is 18.3. The number of hydrogen-bond acceptors (Lipinski definition) is 3. The quantitative estimate of drug-likeness (QED) is 0.725. The minimum absolute atomic E-state index is 0.141. The lowest BCUT2D eigenvalue weighted by Gasteiger charge is -2.29. The number of imidazole rings is 1. The number of urea groups is 1. The van der Waals surface area contributed by atoms with Gasteiger partial charge in [-0.3, -0.25) is 0 Å². The highest BCUT2D eigenvalue weighted by Crippen LogP contribution is 2.29. The molecule has 0 spiro atoms. The first-order valence-corrected chi connectivity index (χ1v) is 8.67. The van der Waals surface area contributed by atoms with Crippen molar-refractivity contribution in [2.45, 2.75) is 32.9 Å². The number of nitrogens with one attached hydrogen (secondary N) is 1. The van der Waals surface area contributed by atoms with Crippen molar-refractivity contribution in [3.8, 4) is 5.75 Å². The zero-order valence-corrected chi connectivity index (χ0v) is 15.2. The van der Waals surface area contributed by atoms with Gasteiger partial charge in [0.2, 0.25) is 0 Å². The van der Waals surface area contributed by atoms with Crippen LogP contribution in [0.5, 0.6) is 5.75 Å². The topological polar surface area (TPSA) is 58.9 Å². The Labute approximate surface area is 152 Å². The molecule has 0 saturated heterocycles. The number of fused-ring (bicyclic) bond motifs is 2. The van der Waals surface area contributed by atoms with Crippen LogP contribution in [0.15, 0.2) is 48.9 Å². The molecule has 0 saturated carbocycles. The molecule has 0 atom stereocenters. The van der Waals surface area contributed by atoms with E-state index >= 15 is 0 Å². The van der Waals surface area contributed by atoms with Crippen LogP contribution in [0.25, 0.3) is 5.65 Å². The summed E-state index contributed by atoms with van der Waals surface area (Å²) in [5.41, 5.74) is 3.19. The van der Waals surface area contributed by atoms with Gasteiger partial charge in [-0.15, -0.1) is 0 Å². The summed E-state index contributed by atoms with van der Waals surface area (Å²) >= 11 is 0. The largest absolute Gasteiger partial charge is 0.486 e. The third-order valence-electron chi connectivity index (χ3n) is 4.50. The van der Waals surface area contributed by atoms with Crippen LogP contribution >= 0.6 is 0 Å². The fraction of sp³-hybridized carbons (Fsp3) is 0.300. The molecule has 0 fully saturated rings. The van der Waals surface area contributed by atoms with Crippen molar-refractivity contribution < 1.29 is 9.53 Å². The maximum Gasteiger partial charge on any atom is 0.322 e. The van der Waals surface area contributed by atoms with E-state index in [0.717, 1.165) is 28.2 Å². The summed E-state index contributed by atoms with van der Waals surface area (Å²) in [4.78, 5) is 19.0. The molecule has 134 valence electrons. The lowest BCUT2D eigenvalue weighted by Crippen LogP contribution is -2.44. The van der Waals surface area contributed by atoms with E-state index in [1.165, 1.54) is 0 Å². The number of aromatic nitrogens is 2. The molecule has 0 bridgehead atoms. The molecule has 2 aromatic heterocycles. The lowest BCUT2D eigenvalue weighted by molar-refractivity contribution is 0.0835. The molecular formula is C20H22N4O2. The number of pyridine rings is 1. The number of benzene rings is 1. The molecule has 0 radical (unpaired) electrons. The minimum Gasteiger partial charge on any atom is -0.486 e. The van der Waals surface area contributed by atoms with Crippen LogP contribution in [0.4, 0.5) is 10.5 Å². The maximum atomic E-state index is 12.9. The molecule has 3 heterocycles. The van der Waals surface area contributed by atoms with E-state index in [4.69, 9.17) is 4.74 Å². The van der Waals surface area contributed by atoms with E-state index in [-0.39, 0.29) is 6.03 Å². The molecule has 2 amide bonds. The van der Waals surface area contributed by atoms with Crippen molar-refractivity contribution >= 4 is 17.4 Å². The van der Waals surface area contributed by atoms with Gasteiger partial charge in [0.1, 0.15) is 17.0 Å². The van der Waals surface area contributed by atoms with Crippen molar-refractivity contribution in [3.63, 3.8) is 0 Å². The number of anilines is 1. The number of nitrogens with zero attached hydrogens (tertiary/aromatic N) is 3. The summed E-state index contributed by atoms with van der Waals surface area (Å²) in [6.07, 6.45) is 5.50. The van der Waals surface area contributed by atoms with Gasteiger partial charge in [0.15, 0.2) is 0 Å². The molecule has 1 aliphatic rings. The van der Waals surface area contributed by atoms with Crippen molar-refractivity contribution in [3.05, 3.63) is 60.0 Å². The van der Waals surface area contributed by atoms with Crippen molar-refractivity contribution in [2.75, 3.05) is 11.9 Å². The van der Waals surface area contributed by atoms with Gasteiger partial charge in [0.25, 0.3) is 0 Å². The van der Waals surface area contributed by atoms with E-state index in [1.54, 1.807) is 11.1 Å². The summed E-state index contributed by atoms with van der Waals surface area (Å²) in [5, 5.41) is 3.01. The zero-order valence-electron chi connectivity index (χ0n) is 15.2. The van der Waals surface area contributed by atoms with Gasteiger partial charge in [-0.05, 0) is 38.5 Å². The van der Waals surface area contributed by atoms with Crippen molar-refractivity contribution in [2.24, 2.45) is 0 Å². The maximum absolute atomic E-state index is 12.9. The number of hydrogen-bond donors (Lipinski definition) is 1. The highest BCUT2D eigenvalue weighted by molar-refractivity contribution is 5.89. The van der Waals surface area contributed by atoms with Gasteiger partial charge in [-0.2, -0.15) is 0 Å². The first-order chi connectivity index (χ1) is 12.4. The average Bonchev–Trinajstić information content (AvgIpc) is 2.99. The Bertz CT molecular complexity index is 977. The number of ether oxygens (including phenoxy) is 1. The van der Waals surface area contributed by atoms with E-state index in [1.807, 2.05) is 67.9 Å². The van der Waals surface area contributed by atoms with Gasteiger partial charge in [-0.1, -0.05) is 18.2 Å². The summed E-state index contributed by atoms with van der Waals surface area (Å²) in [5.74, 6) is 0.837. The van der Waals surface area contributed by atoms with Gasteiger partial charge >= 0.3 is 6.03 Å². The Hall–Kier alpha value is -3.02. The third-order valence-corrected chi connectivity index (χ3v) is 4.50. The Morgan fingerprint density at radius 3 is 2.96 bits per heavy atom. The second-order valence-corrected chi connectivity index (χ2v) is 7.33. The highest BCUT2D eigenvalue weighted by atomic mass is 16.5. The fourth-order valence-electron chi connectivity index (χ4n) is 3.41. The number of amides is 2. The van der Waals surface area contributed by atoms with Gasteiger partial charge < -0.3 is 19.4 Å². The lowest BCUT2D eigenvalue weighted by atomic mass is 10.1. The SMILES string of the molecule is Cc1cc(NC(=O)N2Cc3ccccc3OC(C)(C)C2)cn2ccnc12. The standard InChI is InChI=1S/C20H22N4O2/c1-14-10-16(12-23-9-8-21-18(14)23)22-19(25)24-11-15-6-4-5-7-17(15)26-20(2,3)13-24/h4-10,12H,11,13H2,1-3H3,(H,22,25). The molecule has 4 rings (SSSR count). The van der Waals surface area contributed by atoms with Crippen LogP contribution in [-0.4, -0.2) is 32.5 Å². The van der Waals surface area contributed by atoms with Crippen LogP contribution in [0.3, 0.4) is 0 Å². The van der Waals surface area contributed by atoms with Crippen LogP contribution in [0, 0.1) is 6.92 Å². The third kappa shape index (κ3) is 3.10. The Morgan fingerprint density at radius 2 is 2.12 bits per heavy atom. The second kappa shape index (κ2) is 6.05. The summed E-state index contributed by atoms with van der Waals surface area (Å²) in [6, 6.07) is 9.67. The van der Waals surface area contributed by atoms with Crippen LogP contribution < -0.4 is 10.1 Å². The predicted octanol–water partition coefficient (Wildman–Crippen LogP) is 3.85. The average molecular weight is 350 g/mol.